The van der Waals surface area contributed by atoms with Crippen LogP contribution in [0.3, 0.4) is 0 Å². The van der Waals surface area contributed by atoms with Crippen LogP contribution in [0.25, 0.3) is 0 Å². The van der Waals surface area contributed by atoms with Gasteiger partial charge in [0.25, 0.3) is 0 Å². The molecule has 0 amide bonds. The highest BCUT2D eigenvalue weighted by atomic mass is 16.5. The molecule has 0 aromatic rings. The van der Waals surface area contributed by atoms with Crippen LogP contribution in [0.2, 0.25) is 0 Å². The summed E-state index contributed by atoms with van der Waals surface area (Å²) in [6.45, 7) is 11.4. The molecule has 0 radical (unpaired) electrons. The van der Waals surface area contributed by atoms with Crippen molar-refractivity contribution >= 4 is 5.97 Å². The van der Waals surface area contributed by atoms with Crippen LogP contribution in [0.5, 0.6) is 0 Å². The van der Waals surface area contributed by atoms with Crippen LogP contribution in [-0.4, -0.2) is 63.5 Å². The minimum atomic E-state index is -0.143. The highest BCUT2D eigenvalue weighted by Gasteiger charge is 2.08. The molecule has 0 N–H and O–H groups in total. The topological polar surface area (TPSA) is 48.0 Å². The van der Waals surface area contributed by atoms with E-state index < -0.39 is 0 Å². The molecule has 0 saturated carbocycles. The van der Waals surface area contributed by atoms with Crippen molar-refractivity contribution in [3.8, 4) is 0 Å². The molecule has 0 fully saturated rings. The van der Waals surface area contributed by atoms with Crippen molar-refractivity contribution in [2.24, 2.45) is 0 Å². The van der Waals surface area contributed by atoms with E-state index in [1.54, 1.807) is 0 Å². The number of nitrogens with zero attached hydrogens (tertiary/aromatic N) is 1. The lowest BCUT2D eigenvalue weighted by Crippen LogP contribution is -2.33. The summed E-state index contributed by atoms with van der Waals surface area (Å²) in [5, 5.41) is 0. The lowest BCUT2D eigenvalue weighted by molar-refractivity contribution is -0.143. The average molecular weight is 261 g/mol. The highest BCUT2D eigenvalue weighted by molar-refractivity contribution is 5.69. The Labute approximate surface area is 110 Å². The maximum Gasteiger partial charge on any atom is 0.307 e. The van der Waals surface area contributed by atoms with Gasteiger partial charge in [-0.2, -0.15) is 0 Å². The van der Waals surface area contributed by atoms with Gasteiger partial charge in [0.15, 0.2) is 0 Å². The van der Waals surface area contributed by atoms with Crippen LogP contribution in [-0.2, 0) is 19.0 Å². The number of ether oxygens (including phenoxy) is 3. The molecule has 0 aromatic heterocycles. The van der Waals surface area contributed by atoms with Crippen LogP contribution in [0, 0.1) is 0 Å². The number of carbonyl (C=O) groups is 1. The predicted molar refractivity (Wildman–Crippen MR) is 70.7 cm³/mol. The SMILES string of the molecule is CCOCCN(CCOCC)CCC(=O)OCC. The van der Waals surface area contributed by atoms with E-state index in [1.165, 1.54) is 0 Å². The standard InChI is InChI=1S/C13H27NO4/c1-4-16-11-9-14(10-12-17-5-2)8-7-13(15)18-6-3/h4-12H2,1-3H3. The van der Waals surface area contributed by atoms with Gasteiger partial charge in [0.1, 0.15) is 0 Å². The molecule has 0 saturated heterocycles. The van der Waals surface area contributed by atoms with Gasteiger partial charge in [0.05, 0.1) is 26.2 Å². The molecule has 0 heterocycles. The van der Waals surface area contributed by atoms with Crippen molar-refractivity contribution in [3.05, 3.63) is 0 Å². The number of esters is 1. The first-order chi connectivity index (χ1) is 8.74. The van der Waals surface area contributed by atoms with Crippen molar-refractivity contribution in [1.82, 2.24) is 4.90 Å². The molecule has 0 aliphatic carbocycles. The van der Waals surface area contributed by atoms with Crippen LogP contribution >= 0.6 is 0 Å². The minimum Gasteiger partial charge on any atom is -0.466 e. The lowest BCUT2D eigenvalue weighted by Gasteiger charge is -2.21. The first-order valence-corrected chi connectivity index (χ1v) is 6.78. The molecule has 0 bridgehead atoms. The third-order valence-electron chi connectivity index (χ3n) is 2.45. The van der Waals surface area contributed by atoms with Gasteiger partial charge in [-0.3, -0.25) is 9.69 Å². The fourth-order valence-electron chi connectivity index (χ4n) is 1.49. The summed E-state index contributed by atoms with van der Waals surface area (Å²) in [6.07, 6.45) is 0.423. The summed E-state index contributed by atoms with van der Waals surface area (Å²) in [4.78, 5) is 13.5. The van der Waals surface area contributed by atoms with Gasteiger partial charge in [-0.1, -0.05) is 0 Å². The van der Waals surface area contributed by atoms with Gasteiger partial charge in [-0.15, -0.1) is 0 Å². The maximum absolute atomic E-state index is 11.3. The number of hydrogen-bond donors (Lipinski definition) is 0. The quantitative estimate of drug-likeness (QED) is 0.391. The molecular formula is C13H27NO4. The van der Waals surface area contributed by atoms with E-state index in [0.29, 0.717) is 32.8 Å². The Bertz CT molecular complexity index is 189. The van der Waals surface area contributed by atoms with Gasteiger partial charge >= 0.3 is 5.97 Å². The first kappa shape index (κ1) is 17.4. The second-order valence-corrected chi connectivity index (χ2v) is 3.79. The van der Waals surface area contributed by atoms with E-state index in [0.717, 1.165) is 26.3 Å². The Morgan fingerprint density at radius 2 is 1.44 bits per heavy atom. The Kier molecular flexibility index (Phi) is 12.3. The second kappa shape index (κ2) is 12.8. The first-order valence-electron chi connectivity index (χ1n) is 6.78. The molecule has 108 valence electrons. The van der Waals surface area contributed by atoms with Crippen LogP contribution in [0.4, 0.5) is 0 Å². The molecule has 5 heteroatoms. The van der Waals surface area contributed by atoms with E-state index in [9.17, 15) is 4.79 Å². The van der Waals surface area contributed by atoms with Crippen LogP contribution in [0.1, 0.15) is 27.2 Å². The fourth-order valence-corrected chi connectivity index (χ4v) is 1.49. The van der Waals surface area contributed by atoms with Gasteiger partial charge in [0, 0.05) is 32.8 Å². The van der Waals surface area contributed by atoms with E-state index in [2.05, 4.69) is 4.90 Å². The van der Waals surface area contributed by atoms with E-state index in [4.69, 9.17) is 14.2 Å². The molecule has 5 nitrogen and oxygen atoms in total. The van der Waals surface area contributed by atoms with E-state index in [-0.39, 0.29) is 5.97 Å². The molecule has 18 heavy (non-hydrogen) atoms. The Morgan fingerprint density at radius 3 is 1.89 bits per heavy atom. The van der Waals surface area contributed by atoms with E-state index in [1.807, 2.05) is 20.8 Å². The highest BCUT2D eigenvalue weighted by Crippen LogP contribution is 1.95. The second-order valence-electron chi connectivity index (χ2n) is 3.79. The average Bonchev–Trinajstić information content (AvgIpc) is 2.36. The molecule has 0 unspecified atom stereocenters. The molecule has 0 aromatic carbocycles. The van der Waals surface area contributed by atoms with Gasteiger partial charge in [0.2, 0.25) is 0 Å². The van der Waals surface area contributed by atoms with Gasteiger partial charge in [-0.05, 0) is 20.8 Å². The third kappa shape index (κ3) is 10.5. The molecule has 0 aliphatic heterocycles. The molecule has 0 atom stereocenters. The Balaban J connectivity index is 3.83. The van der Waals surface area contributed by atoms with Crippen molar-refractivity contribution in [3.63, 3.8) is 0 Å². The van der Waals surface area contributed by atoms with Gasteiger partial charge in [-0.25, -0.2) is 0 Å². The predicted octanol–water partition coefficient (Wildman–Crippen LogP) is 1.31. The summed E-state index contributed by atoms with van der Waals surface area (Å²) in [7, 11) is 0. The zero-order valence-corrected chi connectivity index (χ0v) is 11.9. The van der Waals surface area contributed by atoms with Crippen LogP contribution < -0.4 is 0 Å². The Hall–Kier alpha value is -0.650. The molecule has 0 spiro atoms. The number of hydrogen-bond acceptors (Lipinski definition) is 5. The summed E-state index contributed by atoms with van der Waals surface area (Å²) in [5.74, 6) is -0.143. The molecular weight excluding hydrogens is 234 g/mol. The number of carbonyl (C=O) groups excluding carboxylic acids is 1. The zero-order chi connectivity index (χ0) is 13.6. The maximum atomic E-state index is 11.3. The summed E-state index contributed by atoms with van der Waals surface area (Å²) in [6, 6.07) is 0. The van der Waals surface area contributed by atoms with E-state index >= 15 is 0 Å². The minimum absolute atomic E-state index is 0.143. The molecule has 0 aliphatic rings. The van der Waals surface area contributed by atoms with Crippen molar-refractivity contribution in [2.45, 2.75) is 27.2 Å². The summed E-state index contributed by atoms with van der Waals surface area (Å²) < 4.78 is 15.6. The normalized spacial score (nSPS) is 10.9. The summed E-state index contributed by atoms with van der Waals surface area (Å²) in [5.41, 5.74) is 0. The monoisotopic (exact) mass is 261 g/mol. The molecule has 0 rings (SSSR count). The van der Waals surface area contributed by atoms with Crippen molar-refractivity contribution in [1.29, 1.82) is 0 Å². The zero-order valence-electron chi connectivity index (χ0n) is 11.9. The fraction of sp³-hybridized carbons (Fsp3) is 0.923. The van der Waals surface area contributed by atoms with Crippen LogP contribution in [0.15, 0.2) is 0 Å². The van der Waals surface area contributed by atoms with Crippen molar-refractivity contribution < 1.29 is 19.0 Å². The third-order valence-corrected chi connectivity index (χ3v) is 2.45. The Morgan fingerprint density at radius 1 is 0.889 bits per heavy atom. The summed E-state index contributed by atoms with van der Waals surface area (Å²) >= 11 is 0. The number of rotatable bonds is 12. The largest absolute Gasteiger partial charge is 0.466 e. The van der Waals surface area contributed by atoms with Gasteiger partial charge < -0.3 is 14.2 Å². The smallest absolute Gasteiger partial charge is 0.307 e. The van der Waals surface area contributed by atoms with Crippen molar-refractivity contribution in [2.75, 3.05) is 52.7 Å². The lowest BCUT2D eigenvalue weighted by atomic mass is 10.3.